The molecule has 0 bridgehead atoms. The second-order valence-corrected chi connectivity index (χ2v) is 9.13. The quantitative estimate of drug-likeness (QED) is 0.117. The molecule has 187 valence electrons. The van der Waals surface area contributed by atoms with E-state index in [9.17, 15) is 15.3 Å². The molecule has 5 heteroatoms. The number of aliphatic hydroxyl groups excluding tert-OH is 1. The van der Waals surface area contributed by atoms with Gasteiger partial charge in [-0.05, 0) is 28.5 Å². The van der Waals surface area contributed by atoms with Gasteiger partial charge in [0.05, 0.1) is 11.4 Å². The van der Waals surface area contributed by atoms with Gasteiger partial charge in [-0.15, -0.1) is 35.9 Å². The van der Waals surface area contributed by atoms with Crippen LogP contribution in [-0.2, 0) is 24.9 Å². The summed E-state index contributed by atoms with van der Waals surface area (Å²) in [6, 6.07) is 22.8. The van der Waals surface area contributed by atoms with Crippen LogP contribution in [0.4, 0.5) is 5.69 Å². The summed E-state index contributed by atoms with van der Waals surface area (Å²) in [4.78, 5) is 15.9. The molecule has 1 radical (unpaired) electrons. The zero-order valence-corrected chi connectivity index (χ0v) is 23.5. The molecule has 0 unspecified atom stereocenters. The van der Waals surface area contributed by atoms with E-state index < -0.39 is 0 Å². The fourth-order valence-corrected chi connectivity index (χ4v) is 3.47. The van der Waals surface area contributed by atoms with Crippen LogP contribution >= 0.6 is 0 Å². The minimum Gasteiger partial charge on any atom is -0.810 e. The molecular weight excluding hydrogens is 613 g/mol. The normalized spacial score (nSPS) is 11.6. The van der Waals surface area contributed by atoms with Crippen LogP contribution in [0.1, 0.15) is 58.6 Å². The molecule has 3 aromatic carbocycles. The molecule has 35 heavy (non-hydrogen) atoms. The number of carbonyl (C=O) groups is 1. The van der Waals surface area contributed by atoms with E-state index in [4.69, 9.17) is 4.99 Å². The van der Waals surface area contributed by atoms with E-state index in [1.165, 1.54) is 6.08 Å². The maximum absolute atomic E-state index is 11.2. The van der Waals surface area contributed by atoms with Crippen molar-refractivity contribution in [2.75, 3.05) is 0 Å². The van der Waals surface area contributed by atoms with Crippen molar-refractivity contribution in [3.63, 3.8) is 0 Å². The summed E-state index contributed by atoms with van der Waals surface area (Å²) in [5.41, 5.74) is 3.32. The van der Waals surface area contributed by atoms with Crippen LogP contribution in [-0.4, -0.2) is 22.8 Å². The van der Waals surface area contributed by atoms with Crippen molar-refractivity contribution in [3.8, 4) is 0 Å². The first-order valence-corrected chi connectivity index (χ1v) is 11.6. The fourth-order valence-electron chi connectivity index (χ4n) is 3.47. The minimum absolute atomic E-state index is 0. The molecule has 0 amide bonds. The largest absolute Gasteiger partial charge is 0.810 e. The first-order valence-electron chi connectivity index (χ1n) is 11.6. The first-order chi connectivity index (χ1) is 16.2. The van der Waals surface area contributed by atoms with Crippen molar-refractivity contribution in [3.05, 3.63) is 95.1 Å². The van der Waals surface area contributed by atoms with Gasteiger partial charge >= 0.3 is 0 Å². The van der Waals surface area contributed by atoms with Gasteiger partial charge in [0, 0.05) is 44.4 Å². The molecule has 0 aliphatic heterocycles. The second-order valence-electron chi connectivity index (χ2n) is 9.13. The molecule has 3 rings (SSSR count). The average Bonchev–Trinajstić information content (AvgIpc) is 2.79. The van der Waals surface area contributed by atoms with E-state index in [1.807, 2.05) is 95.3 Å². The molecule has 0 aliphatic carbocycles. The third kappa shape index (κ3) is 10.1. The van der Waals surface area contributed by atoms with Crippen LogP contribution in [0, 0.1) is 17.9 Å². The van der Waals surface area contributed by atoms with Crippen LogP contribution < -0.4 is 0 Å². The summed E-state index contributed by atoms with van der Waals surface area (Å²) in [5, 5.41) is 20.9. The predicted octanol–water partition coefficient (Wildman–Crippen LogP) is 7.86. The third-order valence-corrected chi connectivity index (χ3v) is 5.00. The monoisotopic (exact) mass is 647 g/mol. The van der Waals surface area contributed by atoms with Crippen LogP contribution in [0.5, 0.6) is 0 Å². The molecule has 0 spiro atoms. The second kappa shape index (κ2) is 15.2. The van der Waals surface area contributed by atoms with Gasteiger partial charge in [-0.3, -0.25) is 4.79 Å². The number of ketones is 1. The number of aliphatic imine (C=N–C) groups is 1. The van der Waals surface area contributed by atoms with Gasteiger partial charge in [0.1, 0.15) is 0 Å². The molecule has 0 atom stereocenters. The number of nitrogens with zero attached hydrogens (tertiary/aromatic N) is 2. The van der Waals surface area contributed by atoms with Crippen molar-refractivity contribution in [2.24, 2.45) is 16.8 Å². The van der Waals surface area contributed by atoms with Crippen LogP contribution in [0.25, 0.3) is 16.2 Å². The fraction of sp³-hybridized carbons (Fsp3) is 0.300. The molecule has 0 aromatic heterocycles. The third-order valence-electron chi connectivity index (χ3n) is 5.00. The molecule has 3 aromatic rings. The Hall–Kier alpha value is -2.88. The average molecular weight is 647 g/mol. The molecular formula is C30H34IrN2O2-2. The van der Waals surface area contributed by atoms with Gasteiger partial charge in [0.15, 0.2) is 5.78 Å². The molecule has 0 saturated carbocycles. The number of fused-ring (bicyclic) bond motifs is 1. The van der Waals surface area contributed by atoms with Gasteiger partial charge in [-0.1, -0.05) is 71.0 Å². The van der Waals surface area contributed by atoms with Crippen molar-refractivity contribution >= 4 is 34.2 Å². The maximum atomic E-state index is 11.2. The van der Waals surface area contributed by atoms with Gasteiger partial charge in [-0.2, -0.15) is 6.21 Å². The summed E-state index contributed by atoms with van der Waals surface area (Å²) in [5.74, 6) is 0.979. The number of aliphatic hydroxyl groups is 1. The van der Waals surface area contributed by atoms with E-state index >= 15 is 0 Å². The zero-order chi connectivity index (χ0) is 25.1. The summed E-state index contributed by atoms with van der Waals surface area (Å²) in [6.07, 6.45) is 3.57. The Labute approximate surface area is 223 Å². The molecule has 4 nitrogen and oxygen atoms in total. The van der Waals surface area contributed by atoms with Crippen LogP contribution in [0.15, 0.2) is 77.5 Å². The van der Waals surface area contributed by atoms with Crippen molar-refractivity contribution < 1.29 is 30.0 Å². The van der Waals surface area contributed by atoms with Gasteiger partial charge in [-0.25, -0.2) is 0 Å². The van der Waals surface area contributed by atoms with E-state index in [0.29, 0.717) is 30.2 Å². The number of allylic oxidation sites excluding steroid dienone is 2. The molecule has 0 heterocycles. The van der Waals surface area contributed by atoms with Gasteiger partial charge < -0.3 is 15.5 Å². The van der Waals surface area contributed by atoms with Crippen molar-refractivity contribution in [1.29, 1.82) is 0 Å². The van der Waals surface area contributed by atoms with E-state index in [0.717, 1.165) is 33.9 Å². The van der Waals surface area contributed by atoms with Crippen LogP contribution in [0.2, 0.25) is 0 Å². The number of rotatable bonds is 8. The zero-order valence-electron chi connectivity index (χ0n) is 21.1. The standard InChI is InChI=1S/C19H14N2.C11H20O2.Ir/c1-14(15-7-3-2-4-8-15)21-19-17(13-20)12-11-16-9-5-6-10-18(16)19;1-8(2)5-10(12)7-11(13)6-9(3)4;/h2-7,9-13H,1H3;7-9,12H,5-6H2,1-4H3;/q-2;;/b;10-7-;. The van der Waals surface area contributed by atoms with E-state index in [-0.39, 0.29) is 31.6 Å². The number of hydrogen-bond acceptors (Lipinski definition) is 3. The first kappa shape index (κ1) is 30.2. The summed E-state index contributed by atoms with van der Waals surface area (Å²) < 4.78 is 0. The van der Waals surface area contributed by atoms with Gasteiger partial charge in [0.2, 0.25) is 0 Å². The summed E-state index contributed by atoms with van der Waals surface area (Å²) in [6.45, 7) is 9.96. The Morgan fingerprint density at radius 3 is 2.26 bits per heavy atom. The Bertz CT molecular complexity index is 1170. The molecule has 0 saturated heterocycles. The Morgan fingerprint density at radius 2 is 1.66 bits per heavy atom. The molecule has 1 N–H and O–H groups in total. The smallest absolute Gasteiger partial charge is 0.159 e. The topological polar surface area (TPSA) is 72.0 Å². The summed E-state index contributed by atoms with van der Waals surface area (Å²) >= 11 is 0. The Kier molecular flexibility index (Phi) is 13.1. The number of hydrogen-bond donors (Lipinski definition) is 1. The van der Waals surface area contributed by atoms with E-state index in [1.54, 1.807) is 0 Å². The van der Waals surface area contributed by atoms with Crippen LogP contribution in [0.3, 0.4) is 0 Å². The molecule has 0 fully saturated rings. The van der Waals surface area contributed by atoms with E-state index in [2.05, 4.69) is 6.07 Å². The van der Waals surface area contributed by atoms with Gasteiger partial charge in [0.25, 0.3) is 0 Å². The predicted molar refractivity (Wildman–Crippen MR) is 144 cm³/mol. The SMILES string of the molecule is CC(=Nc1c(C=[N-])ccc2ccccc12)c1[c-]cccc1.CC(C)CC(=O)/C=C(\O)CC(C)C.[Ir]. The van der Waals surface area contributed by atoms with Crippen molar-refractivity contribution in [1.82, 2.24) is 0 Å². The maximum Gasteiger partial charge on any atom is 0.159 e. The van der Waals surface area contributed by atoms with Crippen molar-refractivity contribution in [2.45, 2.75) is 47.5 Å². The Balaban J connectivity index is 0.000000383. The number of benzene rings is 3. The summed E-state index contributed by atoms with van der Waals surface area (Å²) in [7, 11) is 0. The minimum atomic E-state index is 0. The molecule has 0 aliphatic rings. The number of carbonyl (C=O) groups excluding carboxylic acids is 1. The Morgan fingerprint density at radius 1 is 1.00 bits per heavy atom.